The van der Waals surface area contributed by atoms with Crippen molar-refractivity contribution >= 4 is 5.91 Å². The fraction of sp³-hybridized carbons (Fsp3) is 0.929. The van der Waals surface area contributed by atoms with Gasteiger partial charge in [-0.15, -0.1) is 0 Å². The van der Waals surface area contributed by atoms with E-state index in [1.807, 2.05) is 0 Å². The summed E-state index contributed by atoms with van der Waals surface area (Å²) in [7, 11) is 1.72. The maximum Gasteiger partial charge on any atom is 0.238 e. The normalized spacial score (nSPS) is 33.4. The zero-order valence-electron chi connectivity index (χ0n) is 12.3. The first-order chi connectivity index (χ1) is 9.13. The summed E-state index contributed by atoms with van der Waals surface area (Å²) in [6.45, 7) is 7.91. The molecule has 110 valence electrons. The Bertz CT molecular complexity index is 309. The topological polar surface area (TPSA) is 53.6 Å². The van der Waals surface area contributed by atoms with E-state index in [2.05, 4.69) is 29.4 Å². The summed E-state index contributed by atoms with van der Waals surface area (Å²) in [5.74, 6) is 0.670. The third-order valence-corrected chi connectivity index (χ3v) is 4.33. The van der Waals surface area contributed by atoms with Crippen molar-refractivity contribution in [2.45, 2.75) is 44.9 Å². The largest absolute Gasteiger partial charge is 0.378 e. The first-order valence-electron chi connectivity index (χ1n) is 7.43. The molecule has 2 aliphatic rings. The molecular formula is C14H27N3O2. The molecule has 0 bridgehead atoms. The maximum absolute atomic E-state index is 12.0. The summed E-state index contributed by atoms with van der Waals surface area (Å²) in [5.41, 5.74) is 0. The second-order valence-electron chi connectivity index (χ2n) is 5.90. The molecule has 2 fully saturated rings. The fourth-order valence-electron chi connectivity index (χ4n) is 3.14. The molecule has 19 heavy (non-hydrogen) atoms. The van der Waals surface area contributed by atoms with Crippen LogP contribution in [0.15, 0.2) is 0 Å². The number of carbonyl (C=O) groups excluding carboxylic acids is 1. The van der Waals surface area contributed by atoms with Crippen LogP contribution in [-0.2, 0) is 9.53 Å². The Morgan fingerprint density at radius 3 is 2.95 bits per heavy atom. The number of amides is 1. The van der Waals surface area contributed by atoms with E-state index in [1.165, 1.54) is 0 Å². The van der Waals surface area contributed by atoms with E-state index in [9.17, 15) is 4.79 Å². The molecule has 1 amide bonds. The third kappa shape index (κ3) is 3.46. The molecule has 0 spiro atoms. The van der Waals surface area contributed by atoms with Gasteiger partial charge in [0, 0.05) is 39.3 Å². The van der Waals surface area contributed by atoms with Gasteiger partial charge in [0.15, 0.2) is 0 Å². The van der Waals surface area contributed by atoms with Gasteiger partial charge in [-0.3, -0.25) is 9.69 Å². The van der Waals surface area contributed by atoms with Crippen LogP contribution in [0.4, 0.5) is 0 Å². The average Bonchev–Trinajstić information content (AvgIpc) is 2.46. The molecule has 2 rings (SSSR count). The lowest BCUT2D eigenvalue weighted by atomic mass is 9.93. The predicted octanol–water partition coefficient (Wildman–Crippen LogP) is 0.210. The van der Waals surface area contributed by atoms with Gasteiger partial charge in [0.2, 0.25) is 5.91 Å². The van der Waals surface area contributed by atoms with Crippen LogP contribution in [0.3, 0.4) is 0 Å². The van der Waals surface area contributed by atoms with E-state index in [-0.39, 0.29) is 11.9 Å². The smallest absolute Gasteiger partial charge is 0.238 e. The van der Waals surface area contributed by atoms with Crippen LogP contribution in [0.5, 0.6) is 0 Å². The number of nitrogens with one attached hydrogen (secondary N) is 2. The lowest BCUT2D eigenvalue weighted by Gasteiger charge is -2.44. The van der Waals surface area contributed by atoms with Crippen LogP contribution in [0, 0.1) is 5.92 Å². The Balaban J connectivity index is 2.02. The molecule has 3 unspecified atom stereocenters. The number of hydrogen-bond donors (Lipinski definition) is 2. The highest BCUT2D eigenvalue weighted by molar-refractivity contribution is 5.81. The second-order valence-corrected chi connectivity index (χ2v) is 5.90. The van der Waals surface area contributed by atoms with Crippen molar-refractivity contribution in [1.29, 1.82) is 0 Å². The van der Waals surface area contributed by atoms with Crippen LogP contribution >= 0.6 is 0 Å². The van der Waals surface area contributed by atoms with Crippen molar-refractivity contribution < 1.29 is 9.53 Å². The zero-order valence-corrected chi connectivity index (χ0v) is 12.3. The summed E-state index contributed by atoms with van der Waals surface area (Å²) in [4.78, 5) is 14.4. The lowest BCUT2D eigenvalue weighted by molar-refractivity contribution is -0.130. The SMILES string of the molecule is CNC(=O)C1CNCCN1C1CCOC(C(C)C)C1. The van der Waals surface area contributed by atoms with E-state index in [1.54, 1.807) is 7.05 Å². The standard InChI is InChI=1S/C14H27N3O2/c1-10(2)13-8-11(4-7-19-13)17-6-5-16-9-12(17)14(18)15-3/h10-13,16H,4-9H2,1-3H3,(H,15,18). The first kappa shape index (κ1) is 14.8. The van der Waals surface area contributed by atoms with Crippen molar-refractivity contribution in [2.75, 3.05) is 33.3 Å². The molecule has 5 nitrogen and oxygen atoms in total. The summed E-state index contributed by atoms with van der Waals surface area (Å²) in [6.07, 6.45) is 2.42. The highest BCUT2D eigenvalue weighted by Gasteiger charge is 2.36. The van der Waals surface area contributed by atoms with Crippen molar-refractivity contribution in [3.63, 3.8) is 0 Å². The maximum atomic E-state index is 12.0. The third-order valence-electron chi connectivity index (χ3n) is 4.33. The van der Waals surface area contributed by atoms with Gasteiger partial charge in [0.25, 0.3) is 0 Å². The summed E-state index contributed by atoms with van der Waals surface area (Å²) < 4.78 is 5.84. The van der Waals surface area contributed by atoms with E-state index in [0.717, 1.165) is 39.1 Å². The van der Waals surface area contributed by atoms with Crippen LogP contribution in [0.25, 0.3) is 0 Å². The van der Waals surface area contributed by atoms with Gasteiger partial charge in [-0.2, -0.15) is 0 Å². The van der Waals surface area contributed by atoms with Crippen LogP contribution in [0.2, 0.25) is 0 Å². The van der Waals surface area contributed by atoms with Gasteiger partial charge in [-0.1, -0.05) is 13.8 Å². The molecule has 2 N–H and O–H groups in total. The van der Waals surface area contributed by atoms with Crippen molar-refractivity contribution in [1.82, 2.24) is 15.5 Å². The molecule has 2 saturated heterocycles. The number of rotatable bonds is 3. The fourth-order valence-corrected chi connectivity index (χ4v) is 3.14. The molecule has 0 aromatic heterocycles. The van der Waals surface area contributed by atoms with Gasteiger partial charge < -0.3 is 15.4 Å². The summed E-state index contributed by atoms with van der Waals surface area (Å²) >= 11 is 0. The summed E-state index contributed by atoms with van der Waals surface area (Å²) in [5, 5.41) is 6.11. The van der Waals surface area contributed by atoms with Gasteiger partial charge in [-0.25, -0.2) is 0 Å². The Labute approximate surface area is 116 Å². The number of likely N-dealkylation sites (N-methyl/N-ethyl adjacent to an activating group) is 1. The van der Waals surface area contributed by atoms with Crippen LogP contribution in [0.1, 0.15) is 26.7 Å². The molecule has 0 radical (unpaired) electrons. The number of carbonyl (C=O) groups is 1. The Kier molecular flexibility index (Phi) is 5.19. The van der Waals surface area contributed by atoms with E-state index < -0.39 is 0 Å². The van der Waals surface area contributed by atoms with E-state index >= 15 is 0 Å². The average molecular weight is 269 g/mol. The van der Waals surface area contributed by atoms with Crippen molar-refractivity contribution in [3.05, 3.63) is 0 Å². The van der Waals surface area contributed by atoms with Crippen molar-refractivity contribution in [3.8, 4) is 0 Å². The molecule has 2 aliphatic heterocycles. The van der Waals surface area contributed by atoms with Gasteiger partial charge in [0.05, 0.1) is 6.10 Å². The molecule has 0 aliphatic carbocycles. The van der Waals surface area contributed by atoms with Gasteiger partial charge in [0.1, 0.15) is 6.04 Å². The van der Waals surface area contributed by atoms with Crippen LogP contribution in [-0.4, -0.2) is 62.3 Å². The molecule has 0 saturated carbocycles. The highest BCUT2D eigenvalue weighted by Crippen LogP contribution is 2.25. The quantitative estimate of drug-likeness (QED) is 0.769. The molecular weight excluding hydrogens is 242 g/mol. The number of ether oxygens (including phenoxy) is 1. The molecule has 0 aromatic carbocycles. The van der Waals surface area contributed by atoms with Gasteiger partial charge >= 0.3 is 0 Å². The Hall–Kier alpha value is -0.650. The number of piperazine rings is 1. The lowest BCUT2D eigenvalue weighted by Crippen LogP contribution is -2.61. The highest BCUT2D eigenvalue weighted by atomic mass is 16.5. The number of hydrogen-bond acceptors (Lipinski definition) is 4. The molecule has 2 heterocycles. The van der Waals surface area contributed by atoms with Crippen molar-refractivity contribution in [2.24, 2.45) is 5.92 Å². The minimum atomic E-state index is -0.0327. The van der Waals surface area contributed by atoms with E-state index in [4.69, 9.17) is 4.74 Å². The van der Waals surface area contributed by atoms with E-state index in [0.29, 0.717) is 18.1 Å². The Morgan fingerprint density at radius 2 is 2.26 bits per heavy atom. The molecule has 0 aromatic rings. The zero-order chi connectivity index (χ0) is 13.8. The predicted molar refractivity (Wildman–Crippen MR) is 75.0 cm³/mol. The molecule has 3 atom stereocenters. The minimum Gasteiger partial charge on any atom is -0.378 e. The molecule has 5 heteroatoms. The number of nitrogens with zero attached hydrogens (tertiary/aromatic N) is 1. The Morgan fingerprint density at radius 1 is 1.47 bits per heavy atom. The monoisotopic (exact) mass is 269 g/mol. The summed E-state index contributed by atoms with van der Waals surface area (Å²) in [6, 6.07) is 0.445. The first-order valence-corrected chi connectivity index (χ1v) is 7.43. The van der Waals surface area contributed by atoms with Gasteiger partial charge in [-0.05, 0) is 18.8 Å². The van der Waals surface area contributed by atoms with Crippen LogP contribution < -0.4 is 10.6 Å². The minimum absolute atomic E-state index is 0.0327. The second kappa shape index (κ2) is 6.68.